The molecule has 5 rings (SSSR count). The molecule has 0 aliphatic carbocycles. The van der Waals surface area contributed by atoms with Gasteiger partial charge in [0, 0.05) is 49.2 Å². The van der Waals surface area contributed by atoms with Crippen molar-refractivity contribution in [1.82, 2.24) is 19.9 Å². The molecule has 1 fully saturated rings. The van der Waals surface area contributed by atoms with Crippen molar-refractivity contribution >= 4 is 16.7 Å². The normalized spacial score (nSPS) is 19.7. The van der Waals surface area contributed by atoms with E-state index in [0.717, 1.165) is 55.5 Å². The van der Waals surface area contributed by atoms with Gasteiger partial charge >= 0.3 is 0 Å². The van der Waals surface area contributed by atoms with Gasteiger partial charge in [-0.25, -0.2) is 4.98 Å². The number of hydrogen-bond acceptors (Lipinski definition) is 4. The van der Waals surface area contributed by atoms with Crippen molar-refractivity contribution in [3.8, 4) is 11.5 Å². The van der Waals surface area contributed by atoms with Crippen molar-refractivity contribution in [3.05, 3.63) is 46.2 Å². The quantitative estimate of drug-likeness (QED) is 0.713. The summed E-state index contributed by atoms with van der Waals surface area (Å²) in [5.74, 6) is 1.56. The minimum atomic E-state index is 0.0374. The number of anilines is 1. The molecule has 0 saturated carbocycles. The fraction of sp³-hybridized carbons (Fsp3) is 0.368. The molecule has 1 aromatic carbocycles. The molecule has 3 aromatic rings. The second kappa shape index (κ2) is 5.46. The summed E-state index contributed by atoms with van der Waals surface area (Å²) < 4.78 is 1.84. The number of para-hydroxylation sites is 1. The van der Waals surface area contributed by atoms with Crippen LogP contribution in [-0.4, -0.2) is 40.7 Å². The highest BCUT2D eigenvalue weighted by atomic mass is 16.1. The zero-order valence-electron chi connectivity index (χ0n) is 14.2. The Balaban J connectivity index is 1.73. The van der Waals surface area contributed by atoms with E-state index in [4.69, 9.17) is 4.98 Å². The smallest absolute Gasteiger partial charge is 0.256 e. The van der Waals surface area contributed by atoms with Crippen LogP contribution in [0, 0.1) is 0 Å². The monoisotopic (exact) mass is 335 g/mol. The zero-order chi connectivity index (χ0) is 17.0. The lowest BCUT2D eigenvalue weighted by atomic mass is 9.99. The van der Waals surface area contributed by atoms with Crippen LogP contribution in [0.1, 0.15) is 18.5 Å². The molecule has 6 nitrogen and oxygen atoms in total. The first-order valence-electron chi connectivity index (χ1n) is 8.91. The van der Waals surface area contributed by atoms with E-state index < -0.39 is 0 Å². The summed E-state index contributed by atoms with van der Waals surface area (Å²) in [7, 11) is 0. The summed E-state index contributed by atoms with van der Waals surface area (Å²) in [5, 5.41) is 4.58. The summed E-state index contributed by atoms with van der Waals surface area (Å²) in [6, 6.07) is 10.1. The Morgan fingerprint density at radius 3 is 2.84 bits per heavy atom. The summed E-state index contributed by atoms with van der Waals surface area (Å²) in [6.07, 6.45) is 0.848. The average Bonchev–Trinajstić information content (AvgIpc) is 3.01. The number of H-pyrrole nitrogens is 1. The molecule has 6 heteroatoms. The van der Waals surface area contributed by atoms with Crippen molar-refractivity contribution < 1.29 is 0 Å². The third kappa shape index (κ3) is 2.21. The lowest BCUT2D eigenvalue weighted by molar-refractivity contribution is 0.510. The molecular formula is C19H21N5O. The number of fused-ring (bicyclic) bond motifs is 5. The molecule has 2 aromatic heterocycles. The number of aromatic nitrogens is 3. The Morgan fingerprint density at radius 1 is 1.20 bits per heavy atom. The van der Waals surface area contributed by atoms with Crippen LogP contribution in [0.15, 0.2) is 35.1 Å². The van der Waals surface area contributed by atoms with Crippen LogP contribution in [0.5, 0.6) is 0 Å². The first-order chi connectivity index (χ1) is 12.2. The van der Waals surface area contributed by atoms with Gasteiger partial charge in [-0.1, -0.05) is 18.2 Å². The van der Waals surface area contributed by atoms with Gasteiger partial charge in [-0.3, -0.25) is 9.36 Å². The van der Waals surface area contributed by atoms with Crippen LogP contribution in [-0.2, 0) is 6.42 Å². The Hall–Kier alpha value is -2.60. The molecule has 2 aliphatic heterocycles. The Morgan fingerprint density at radius 2 is 2.00 bits per heavy atom. The topological polar surface area (TPSA) is 66.0 Å². The van der Waals surface area contributed by atoms with E-state index >= 15 is 0 Å². The summed E-state index contributed by atoms with van der Waals surface area (Å²) in [5.41, 5.74) is 3.41. The summed E-state index contributed by atoms with van der Waals surface area (Å²) >= 11 is 0. The number of hydrogen-bond donors (Lipinski definition) is 2. The van der Waals surface area contributed by atoms with Gasteiger partial charge in [0.2, 0.25) is 0 Å². The van der Waals surface area contributed by atoms with Crippen molar-refractivity contribution in [2.75, 3.05) is 31.1 Å². The van der Waals surface area contributed by atoms with E-state index in [9.17, 15) is 4.79 Å². The van der Waals surface area contributed by atoms with Gasteiger partial charge in [0.1, 0.15) is 5.82 Å². The molecule has 1 unspecified atom stereocenters. The molecule has 1 saturated heterocycles. The molecular weight excluding hydrogens is 314 g/mol. The molecule has 0 spiro atoms. The molecule has 1 atom stereocenters. The minimum Gasteiger partial charge on any atom is -0.354 e. The average molecular weight is 335 g/mol. The standard InChI is InChI=1S/C19H21N5O/c1-12-10-14-13-4-2-3-5-15(13)21-18(14)19-22-16(11-17(25)24(12)19)23-8-6-20-7-9-23/h2-5,11-12,20-21H,6-10H2,1H3. The maximum absolute atomic E-state index is 12.8. The predicted octanol–water partition coefficient (Wildman–Crippen LogP) is 1.92. The highest BCUT2D eigenvalue weighted by Gasteiger charge is 2.28. The van der Waals surface area contributed by atoms with E-state index in [-0.39, 0.29) is 11.6 Å². The predicted molar refractivity (Wildman–Crippen MR) is 99.3 cm³/mol. The molecule has 128 valence electrons. The first kappa shape index (κ1) is 14.7. The van der Waals surface area contributed by atoms with Crippen molar-refractivity contribution in [3.63, 3.8) is 0 Å². The van der Waals surface area contributed by atoms with Crippen molar-refractivity contribution in [1.29, 1.82) is 0 Å². The van der Waals surface area contributed by atoms with Gasteiger partial charge in [-0.05, 0) is 25.0 Å². The molecule has 4 heterocycles. The third-order valence-electron chi connectivity index (χ3n) is 5.36. The van der Waals surface area contributed by atoms with Gasteiger partial charge in [0.15, 0.2) is 5.82 Å². The maximum Gasteiger partial charge on any atom is 0.256 e. The summed E-state index contributed by atoms with van der Waals surface area (Å²) in [6.45, 7) is 5.71. The van der Waals surface area contributed by atoms with Gasteiger partial charge in [0.25, 0.3) is 5.56 Å². The van der Waals surface area contributed by atoms with E-state index in [1.807, 2.05) is 10.6 Å². The Labute approximate surface area is 145 Å². The Bertz CT molecular complexity index is 1010. The van der Waals surface area contributed by atoms with Crippen LogP contribution >= 0.6 is 0 Å². The van der Waals surface area contributed by atoms with Crippen LogP contribution in [0.2, 0.25) is 0 Å². The van der Waals surface area contributed by atoms with E-state index in [0.29, 0.717) is 0 Å². The molecule has 0 radical (unpaired) electrons. The second-order valence-electron chi connectivity index (χ2n) is 6.96. The lowest BCUT2D eigenvalue weighted by Gasteiger charge is -2.30. The van der Waals surface area contributed by atoms with E-state index in [2.05, 4.69) is 40.3 Å². The van der Waals surface area contributed by atoms with Gasteiger partial charge in [-0.15, -0.1) is 0 Å². The van der Waals surface area contributed by atoms with Crippen LogP contribution < -0.4 is 15.8 Å². The van der Waals surface area contributed by atoms with E-state index in [1.54, 1.807) is 6.07 Å². The SMILES string of the molecule is CC1Cc2c([nH]c3ccccc23)-c2nc(N3CCNCC3)cc(=O)n21. The van der Waals surface area contributed by atoms with E-state index in [1.165, 1.54) is 10.9 Å². The number of aromatic amines is 1. The number of benzene rings is 1. The zero-order valence-corrected chi connectivity index (χ0v) is 14.2. The van der Waals surface area contributed by atoms with Gasteiger partial charge in [0.05, 0.1) is 5.69 Å². The first-order valence-corrected chi connectivity index (χ1v) is 8.91. The van der Waals surface area contributed by atoms with Crippen molar-refractivity contribution in [2.45, 2.75) is 19.4 Å². The Kier molecular flexibility index (Phi) is 3.21. The van der Waals surface area contributed by atoms with Crippen LogP contribution in [0.25, 0.3) is 22.4 Å². The highest BCUT2D eigenvalue weighted by molar-refractivity contribution is 5.90. The maximum atomic E-state index is 12.8. The fourth-order valence-electron chi connectivity index (χ4n) is 4.13. The fourth-order valence-corrected chi connectivity index (χ4v) is 4.13. The van der Waals surface area contributed by atoms with Crippen molar-refractivity contribution in [2.24, 2.45) is 0 Å². The lowest BCUT2D eigenvalue weighted by Crippen LogP contribution is -2.44. The molecule has 2 aliphatic rings. The molecule has 2 N–H and O–H groups in total. The number of rotatable bonds is 1. The van der Waals surface area contributed by atoms with Gasteiger partial charge in [-0.2, -0.15) is 0 Å². The second-order valence-corrected chi connectivity index (χ2v) is 6.96. The van der Waals surface area contributed by atoms with Gasteiger partial charge < -0.3 is 15.2 Å². The molecule has 25 heavy (non-hydrogen) atoms. The number of nitrogens with zero attached hydrogens (tertiary/aromatic N) is 3. The number of nitrogens with one attached hydrogen (secondary N) is 2. The largest absolute Gasteiger partial charge is 0.354 e. The molecule has 0 amide bonds. The minimum absolute atomic E-state index is 0.0374. The highest BCUT2D eigenvalue weighted by Crippen LogP contribution is 2.37. The number of piperazine rings is 1. The third-order valence-corrected chi connectivity index (χ3v) is 5.36. The molecule has 0 bridgehead atoms. The summed E-state index contributed by atoms with van der Waals surface area (Å²) in [4.78, 5) is 23.4. The van der Waals surface area contributed by atoms with Crippen LogP contribution in [0.3, 0.4) is 0 Å². The van der Waals surface area contributed by atoms with Crippen LogP contribution in [0.4, 0.5) is 5.82 Å².